The first-order valence-corrected chi connectivity index (χ1v) is 5.84. The van der Waals surface area contributed by atoms with Crippen molar-refractivity contribution in [1.29, 1.82) is 0 Å². The molecule has 16 heavy (non-hydrogen) atoms. The number of carbonyl (C=O) groups is 1. The minimum Gasteiger partial charge on any atom is -0.364 e. The number of rotatable bonds is 2. The third-order valence-electron chi connectivity index (χ3n) is 3.24. The number of hydrogen-bond donors (Lipinski definition) is 1. The average molecular weight is 218 g/mol. The van der Waals surface area contributed by atoms with E-state index in [9.17, 15) is 4.79 Å². The standard InChI is InChI=1S/C13H18N2O/c1-4-9-7-6-8-10-12(9)13(16)15(3)11(5-2)14-10/h6-8,11,14H,4-5H2,1-3H3. The van der Waals surface area contributed by atoms with E-state index < -0.39 is 0 Å². The summed E-state index contributed by atoms with van der Waals surface area (Å²) >= 11 is 0. The zero-order chi connectivity index (χ0) is 11.7. The molecule has 2 rings (SSSR count). The van der Waals surface area contributed by atoms with E-state index in [0.29, 0.717) is 0 Å². The van der Waals surface area contributed by atoms with Gasteiger partial charge in [0.25, 0.3) is 5.91 Å². The van der Waals surface area contributed by atoms with Gasteiger partial charge in [0.2, 0.25) is 0 Å². The van der Waals surface area contributed by atoms with Crippen molar-refractivity contribution in [1.82, 2.24) is 4.90 Å². The highest BCUT2D eigenvalue weighted by Crippen LogP contribution is 2.28. The molecule has 3 heteroatoms. The molecule has 1 aromatic rings. The van der Waals surface area contributed by atoms with E-state index in [2.05, 4.69) is 19.2 Å². The van der Waals surface area contributed by atoms with Crippen molar-refractivity contribution in [3.05, 3.63) is 29.3 Å². The molecule has 1 aliphatic rings. The summed E-state index contributed by atoms with van der Waals surface area (Å²) in [5.74, 6) is 0.137. The van der Waals surface area contributed by atoms with E-state index in [1.54, 1.807) is 4.90 Å². The molecule has 1 N–H and O–H groups in total. The van der Waals surface area contributed by atoms with Gasteiger partial charge in [0.05, 0.1) is 5.56 Å². The third-order valence-corrected chi connectivity index (χ3v) is 3.24. The second kappa shape index (κ2) is 4.16. The van der Waals surface area contributed by atoms with Gasteiger partial charge >= 0.3 is 0 Å². The maximum absolute atomic E-state index is 12.3. The van der Waals surface area contributed by atoms with Crippen LogP contribution in [0.4, 0.5) is 5.69 Å². The number of benzene rings is 1. The predicted octanol–water partition coefficient (Wildman–Crippen LogP) is 2.48. The average Bonchev–Trinajstić information content (AvgIpc) is 2.32. The number of carbonyl (C=O) groups excluding carboxylic acids is 1. The van der Waals surface area contributed by atoms with Crippen LogP contribution in [0.2, 0.25) is 0 Å². The van der Waals surface area contributed by atoms with E-state index in [-0.39, 0.29) is 12.1 Å². The maximum atomic E-state index is 12.3. The molecule has 0 radical (unpaired) electrons. The summed E-state index contributed by atoms with van der Waals surface area (Å²) in [6.45, 7) is 4.16. The molecule has 0 bridgehead atoms. The molecule has 1 heterocycles. The number of aryl methyl sites for hydroxylation is 1. The number of fused-ring (bicyclic) bond motifs is 1. The van der Waals surface area contributed by atoms with Crippen molar-refractivity contribution in [2.45, 2.75) is 32.9 Å². The van der Waals surface area contributed by atoms with Crippen molar-refractivity contribution < 1.29 is 4.79 Å². The molecule has 0 saturated carbocycles. The Morgan fingerprint density at radius 2 is 2.12 bits per heavy atom. The lowest BCUT2D eigenvalue weighted by molar-refractivity contribution is 0.0732. The highest BCUT2D eigenvalue weighted by atomic mass is 16.2. The van der Waals surface area contributed by atoms with Crippen molar-refractivity contribution in [3.8, 4) is 0 Å². The van der Waals surface area contributed by atoms with Crippen LogP contribution >= 0.6 is 0 Å². The molecule has 1 amide bonds. The molecule has 1 aliphatic heterocycles. The fraction of sp³-hybridized carbons (Fsp3) is 0.462. The molecule has 3 nitrogen and oxygen atoms in total. The summed E-state index contributed by atoms with van der Waals surface area (Å²) in [5, 5.41) is 3.41. The van der Waals surface area contributed by atoms with Gasteiger partial charge in [-0.15, -0.1) is 0 Å². The maximum Gasteiger partial charge on any atom is 0.257 e. The van der Waals surface area contributed by atoms with E-state index >= 15 is 0 Å². The van der Waals surface area contributed by atoms with Crippen LogP contribution in [-0.4, -0.2) is 24.0 Å². The minimum absolute atomic E-state index is 0.118. The second-order valence-corrected chi connectivity index (χ2v) is 4.18. The van der Waals surface area contributed by atoms with Crippen LogP contribution in [0.15, 0.2) is 18.2 Å². The Morgan fingerprint density at radius 3 is 2.75 bits per heavy atom. The van der Waals surface area contributed by atoms with Gasteiger partial charge in [-0.25, -0.2) is 0 Å². The Labute approximate surface area is 96.5 Å². The quantitative estimate of drug-likeness (QED) is 0.827. The molecular formula is C13H18N2O. The monoisotopic (exact) mass is 218 g/mol. The first-order valence-electron chi connectivity index (χ1n) is 5.84. The second-order valence-electron chi connectivity index (χ2n) is 4.18. The molecule has 1 unspecified atom stereocenters. The van der Waals surface area contributed by atoms with Crippen molar-refractivity contribution in [2.24, 2.45) is 0 Å². The summed E-state index contributed by atoms with van der Waals surface area (Å²) < 4.78 is 0. The van der Waals surface area contributed by atoms with Crippen LogP contribution in [-0.2, 0) is 6.42 Å². The SMILES string of the molecule is CCc1cccc2c1C(=O)N(C)C(CC)N2. The molecule has 0 aromatic heterocycles. The molecule has 0 fully saturated rings. The Kier molecular flexibility index (Phi) is 2.86. The molecule has 1 aromatic carbocycles. The number of amides is 1. The molecule has 86 valence electrons. The lowest BCUT2D eigenvalue weighted by atomic mass is 9.99. The molecule has 0 saturated heterocycles. The van der Waals surface area contributed by atoms with Crippen molar-refractivity contribution in [2.75, 3.05) is 12.4 Å². The summed E-state index contributed by atoms with van der Waals surface area (Å²) in [6, 6.07) is 6.02. The summed E-state index contributed by atoms with van der Waals surface area (Å²) in [7, 11) is 1.86. The highest BCUT2D eigenvalue weighted by Gasteiger charge is 2.29. The van der Waals surface area contributed by atoms with Crippen LogP contribution < -0.4 is 5.32 Å². The number of nitrogens with one attached hydrogen (secondary N) is 1. The van der Waals surface area contributed by atoms with Gasteiger partial charge < -0.3 is 10.2 Å². The van der Waals surface area contributed by atoms with Gasteiger partial charge in [-0.3, -0.25) is 4.79 Å². The van der Waals surface area contributed by atoms with Gasteiger partial charge in [0.1, 0.15) is 6.17 Å². The number of anilines is 1. The van der Waals surface area contributed by atoms with Gasteiger partial charge in [-0.2, -0.15) is 0 Å². The van der Waals surface area contributed by atoms with Gasteiger partial charge in [-0.05, 0) is 24.5 Å². The Hall–Kier alpha value is -1.51. The fourth-order valence-corrected chi connectivity index (χ4v) is 2.24. The summed E-state index contributed by atoms with van der Waals surface area (Å²) in [5.41, 5.74) is 2.95. The zero-order valence-corrected chi connectivity index (χ0v) is 10.1. The molecule has 0 aliphatic carbocycles. The van der Waals surface area contributed by atoms with Crippen LogP contribution in [0.3, 0.4) is 0 Å². The largest absolute Gasteiger partial charge is 0.364 e. The molecule has 0 spiro atoms. The van der Waals surface area contributed by atoms with Gasteiger partial charge in [-0.1, -0.05) is 26.0 Å². The van der Waals surface area contributed by atoms with Crippen LogP contribution in [0.5, 0.6) is 0 Å². The minimum atomic E-state index is 0.118. The van der Waals surface area contributed by atoms with Crippen LogP contribution in [0.25, 0.3) is 0 Å². The zero-order valence-electron chi connectivity index (χ0n) is 10.1. The van der Waals surface area contributed by atoms with E-state index in [1.165, 1.54) is 0 Å². The smallest absolute Gasteiger partial charge is 0.257 e. The number of hydrogen-bond acceptors (Lipinski definition) is 2. The van der Waals surface area contributed by atoms with E-state index in [1.807, 2.05) is 25.2 Å². The lowest BCUT2D eigenvalue weighted by Gasteiger charge is -2.35. The Morgan fingerprint density at radius 1 is 1.38 bits per heavy atom. The first kappa shape index (κ1) is 11.0. The topological polar surface area (TPSA) is 32.3 Å². The normalized spacial score (nSPS) is 19.3. The van der Waals surface area contributed by atoms with Crippen LogP contribution in [0.1, 0.15) is 36.2 Å². The Balaban J connectivity index is 2.50. The van der Waals surface area contributed by atoms with E-state index in [0.717, 1.165) is 29.7 Å². The Bertz CT molecular complexity index is 414. The van der Waals surface area contributed by atoms with Crippen molar-refractivity contribution in [3.63, 3.8) is 0 Å². The summed E-state index contributed by atoms with van der Waals surface area (Å²) in [4.78, 5) is 14.0. The van der Waals surface area contributed by atoms with Gasteiger partial charge in [0, 0.05) is 12.7 Å². The molecular weight excluding hydrogens is 200 g/mol. The fourth-order valence-electron chi connectivity index (χ4n) is 2.24. The van der Waals surface area contributed by atoms with Gasteiger partial charge in [0.15, 0.2) is 0 Å². The predicted molar refractivity (Wildman–Crippen MR) is 65.6 cm³/mol. The molecule has 1 atom stereocenters. The van der Waals surface area contributed by atoms with Crippen molar-refractivity contribution >= 4 is 11.6 Å². The first-order chi connectivity index (χ1) is 7.69. The lowest BCUT2D eigenvalue weighted by Crippen LogP contribution is -2.46. The highest BCUT2D eigenvalue weighted by molar-refractivity contribution is 6.02. The number of nitrogens with zero attached hydrogens (tertiary/aromatic N) is 1. The van der Waals surface area contributed by atoms with Crippen LogP contribution in [0, 0.1) is 0 Å². The summed E-state index contributed by atoms with van der Waals surface area (Å²) in [6.07, 6.45) is 1.92. The third kappa shape index (κ3) is 1.56. The van der Waals surface area contributed by atoms with E-state index in [4.69, 9.17) is 0 Å².